The molecule has 174 valence electrons. The average molecular weight is 473 g/mol. The van der Waals surface area contributed by atoms with E-state index in [-0.39, 0.29) is 28.5 Å². The summed E-state index contributed by atoms with van der Waals surface area (Å²) in [5.41, 5.74) is 0.0689. The molecule has 0 unspecified atom stereocenters. The minimum atomic E-state index is -3.53. The number of benzene rings is 1. The van der Waals surface area contributed by atoms with E-state index in [2.05, 4.69) is 20.0 Å². The number of anilines is 2. The van der Waals surface area contributed by atoms with Crippen LogP contribution in [0.15, 0.2) is 27.6 Å². The van der Waals surface area contributed by atoms with Gasteiger partial charge in [0.05, 0.1) is 10.6 Å². The Hall–Kier alpha value is -2.83. The number of nitrogens with one attached hydrogen (secondary N) is 1. The summed E-state index contributed by atoms with van der Waals surface area (Å²) in [5, 5.41) is 6.46. The smallest absolute Gasteiger partial charge is 0.316 e. The summed E-state index contributed by atoms with van der Waals surface area (Å²) < 4.78 is 67.3. The van der Waals surface area contributed by atoms with Gasteiger partial charge in [0.2, 0.25) is 5.91 Å². The Bertz CT molecular complexity index is 1100. The number of likely N-dealkylation sites (tertiary alicyclic amines) is 1. The molecule has 1 aromatic heterocycles. The molecule has 1 amide bonds. The summed E-state index contributed by atoms with van der Waals surface area (Å²) in [6.45, 7) is 1.47. The number of halogens is 3. The summed E-state index contributed by atoms with van der Waals surface area (Å²) in [6, 6.07) is 2.90. The van der Waals surface area contributed by atoms with Crippen molar-refractivity contribution in [3.8, 4) is 0 Å². The quantitative estimate of drug-likeness (QED) is 0.681. The van der Waals surface area contributed by atoms with Gasteiger partial charge in [-0.05, 0) is 42.6 Å². The van der Waals surface area contributed by atoms with E-state index in [1.54, 1.807) is 9.80 Å². The SMILES string of the molecule is CS(=O)(=O)c1ccc(N[C@H]2CCN(C3CCN(c4noc(C(F)F)n4)CC3)C2=O)c(F)c1. The second kappa shape index (κ2) is 8.60. The van der Waals surface area contributed by atoms with Crippen LogP contribution >= 0.6 is 0 Å². The first-order valence-corrected chi connectivity index (χ1v) is 12.0. The van der Waals surface area contributed by atoms with Gasteiger partial charge in [-0.3, -0.25) is 4.79 Å². The van der Waals surface area contributed by atoms with Gasteiger partial charge >= 0.3 is 6.43 Å². The summed E-state index contributed by atoms with van der Waals surface area (Å²) in [5.74, 6) is -1.51. The molecule has 4 rings (SSSR count). The van der Waals surface area contributed by atoms with E-state index in [1.807, 2.05) is 0 Å². The number of sulfone groups is 1. The lowest BCUT2D eigenvalue weighted by Crippen LogP contribution is -2.47. The topological polar surface area (TPSA) is 109 Å². The summed E-state index contributed by atoms with van der Waals surface area (Å²) >= 11 is 0. The van der Waals surface area contributed by atoms with Gasteiger partial charge in [-0.1, -0.05) is 0 Å². The molecule has 2 saturated heterocycles. The molecule has 0 bridgehead atoms. The van der Waals surface area contributed by atoms with E-state index in [4.69, 9.17) is 0 Å². The molecule has 1 atom stereocenters. The number of hydrogen-bond acceptors (Lipinski definition) is 8. The van der Waals surface area contributed by atoms with Crippen LogP contribution < -0.4 is 10.2 Å². The number of carbonyl (C=O) groups excluding carboxylic acids is 1. The third-order valence-electron chi connectivity index (χ3n) is 5.74. The molecule has 13 heteroatoms. The number of aromatic nitrogens is 2. The summed E-state index contributed by atoms with van der Waals surface area (Å²) in [7, 11) is -3.53. The van der Waals surface area contributed by atoms with Gasteiger partial charge in [-0.25, -0.2) is 12.8 Å². The van der Waals surface area contributed by atoms with Crippen LogP contribution in [-0.4, -0.2) is 67.3 Å². The molecule has 2 aromatic rings. The van der Waals surface area contributed by atoms with Crippen molar-refractivity contribution in [3.05, 3.63) is 29.9 Å². The van der Waals surface area contributed by atoms with Crippen LogP contribution in [0.3, 0.4) is 0 Å². The molecule has 0 aliphatic carbocycles. The zero-order valence-electron chi connectivity index (χ0n) is 17.2. The van der Waals surface area contributed by atoms with Gasteiger partial charge in [-0.2, -0.15) is 13.8 Å². The second-order valence-electron chi connectivity index (χ2n) is 7.88. The Balaban J connectivity index is 1.35. The van der Waals surface area contributed by atoms with Crippen molar-refractivity contribution in [2.45, 2.75) is 42.7 Å². The van der Waals surface area contributed by atoms with Crippen molar-refractivity contribution >= 4 is 27.4 Å². The number of hydrogen-bond donors (Lipinski definition) is 1. The van der Waals surface area contributed by atoms with E-state index in [0.29, 0.717) is 38.9 Å². The number of amides is 1. The molecule has 9 nitrogen and oxygen atoms in total. The number of carbonyl (C=O) groups is 1. The maximum absolute atomic E-state index is 14.3. The van der Waals surface area contributed by atoms with E-state index < -0.39 is 34.0 Å². The zero-order chi connectivity index (χ0) is 23.0. The molecule has 2 aliphatic rings. The minimum absolute atomic E-state index is 0.0375. The number of rotatable bonds is 6. The van der Waals surface area contributed by atoms with Crippen molar-refractivity contribution in [3.63, 3.8) is 0 Å². The van der Waals surface area contributed by atoms with Crippen molar-refractivity contribution in [1.82, 2.24) is 15.0 Å². The molecule has 32 heavy (non-hydrogen) atoms. The minimum Gasteiger partial charge on any atom is -0.371 e. The monoisotopic (exact) mass is 473 g/mol. The van der Waals surface area contributed by atoms with Gasteiger partial charge in [0.1, 0.15) is 11.9 Å². The van der Waals surface area contributed by atoms with E-state index in [9.17, 15) is 26.4 Å². The fourth-order valence-electron chi connectivity index (χ4n) is 4.05. The van der Waals surface area contributed by atoms with Crippen LogP contribution in [0.25, 0.3) is 0 Å². The Morgan fingerprint density at radius 2 is 1.91 bits per heavy atom. The third-order valence-corrected chi connectivity index (χ3v) is 6.85. The molecule has 3 heterocycles. The maximum Gasteiger partial charge on any atom is 0.316 e. The van der Waals surface area contributed by atoms with E-state index in [1.165, 1.54) is 12.1 Å². The predicted molar refractivity (Wildman–Crippen MR) is 108 cm³/mol. The van der Waals surface area contributed by atoms with E-state index in [0.717, 1.165) is 12.3 Å². The van der Waals surface area contributed by atoms with Gasteiger partial charge in [0.25, 0.3) is 11.8 Å². The first-order valence-electron chi connectivity index (χ1n) is 10.1. The van der Waals surface area contributed by atoms with Crippen molar-refractivity contribution in [1.29, 1.82) is 0 Å². The standard InChI is InChI=1S/C19H22F3N5O4S/c1-32(29,30)12-2-3-14(13(20)10-12)23-15-6-9-27(18(15)28)11-4-7-26(8-5-11)19-24-17(16(21)22)31-25-19/h2-3,10-11,15-16,23H,4-9H2,1H3/t15-/m0/s1. The molecule has 0 saturated carbocycles. The molecule has 0 radical (unpaired) electrons. The highest BCUT2D eigenvalue weighted by Crippen LogP contribution is 2.28. The normalized spacial score (nSPS) is 20.4. The van der Waals surface area contributed by atoms with Gasteiger partial charge in [0.15, 0.2) is 9.84 Å². The summed E-state index contributed by atoms with van der Waals surface area (Å²) in [4.78, 5) is 19.9. The molecular formula is C19H22F3N5O4S. The number of piperidine rings is 1. The third kappa shape index (κ3) is 4.52. The van der Waals surface area contributed by atoms with Crippen LogP contribution in [0.2, 0.25) is 0 Å². The molecule has 2 aliphatic heterocycles. The fraction of sp³-hybridized carbons (Fsp3) is 0.526. The Labute approximate surface area is 182 Å². The first kappa shape index (κ1) is 22.4. The lowest BCUT2D eigenvalue weighted by molar-refractivity contribution is -0.130. The molecular weight excluding hydrogens is 451 g/mol. The number of alkyl halides is 2. The highest BCUT2D eigenvalue weighted by molar-refractivity contribution is 7.90. The highest BCUT2D eigenvalue weighted by atomic mass is 32.2. The van der Waals surface area contributed by atoms with Crippen LogP contribution in [0, 0.1) is 5.82 Å². The van der Waals surface area contributed by atoms with Crippen molar-refractivity contribution in [2.75, 3.05) is 36.1 Å². The average Bonchev–Trinajstić information content (AvgIpc) is 3.37. The molecule has 0 spiro atoms. The lowest BCUT2D eigenvalue weighted by Gasteiger charge is -2.36. The zero-order valence-corrected chi connectivity index (χ0v) is 18.0. The number of nitrogens with zero attached hydrogens (tertiary/aromatic N) is 4. The molecule has 1 aromatic carbocycles. The van der Waals surface area contributed by atoms with Crippen LogP contribution in [0.5, 0.6) is 0 Å². The van der Waals surface area contributed by atoms with Gasteiger partial charge < -0.3 is 19.6 Å². The largest absolute Gasteiger partial charge is 0.371 e. The highest BCUT2D eigenvalue weighted by Gasteiger charge is 2.38. The first-order chi connectivity index (χ1) is 15.1. The van der Waals surface area contributed by atoms with Gasteiger partial charge in [0, 0.05) is 31.9 Å². The van der Waals surface area contributed by atoms with Crippen LogP contribution in [0.4, 0.5) is 24.8 Å². The van der Waals surface area contributed by atoms with Crippen molar-refractivity contribution in [2.24, 2.45) is 0 Å². The second-order valence-corrected chi connectivity index (χ2v) is 9.90. The Kier molecular flexibility index (Phi) is 6.01. The van der Waals surface area contributed by atoms with E-state index >= 15 is 0 Å². The predicted octanol–water partition coefficient (Wildman–Crippen LogP) is 2.23. The lowest BCUT2D eigenvalue weighted by atomic mass is 10.0. The fourth-order valence-corrected chi connectivity index (χ4v) is 4.68. The van der Waals surface area contributed by atoms with Crippen LogP contribution in [0.1, 0.15) is 31.6 Å². The Morgan fingerprint density at radius 3 is 2.50 bits per heavy atom. The van der Waals surface area contributed by atoms with Gasteiger partial charge in [-0.15, -0.1) is 0 Å². The molecule has 2 fully saturated rings. The van der Waals surface area contributed by atoms with Crippen molar-refractivity contribution < 1.29 is 30.9 Å². The summed E-state index contributed by atoms with van der Waals surface area (Å²) in [6.07, 6.45) is -0.139. The van der Waals surface area contributed by atoms with Crippen LogP contribution in [-0.2, 0) is 14.6 Å². The Morgan fingerprint density at radius 1 is 1.19 bits per heavy atom. The molecule has 1 N–H and O–H groups in total. The maximum atomic E-state index is 14.3.